The van der Waals surface area contributed by atoms with Crippen LogP contribution in [-0.4, -0.2) is 581 Å². The molecule has 0 spiro atoms. The van der Waals surface area contributed by atoms with Gasteiger partial charge in [-0.25, -0.2) is 0 Å². The minimum atomic E-state index is -2.75. The average molecular weight is 1990 g/mol. The van der Waals surface area contributed by atoms with Gasteiger partial charge in [-0.3, -0.25) is 24.0 Å². The zero-order chi connectivity index (χ0) is 100. The Morgan fingerprint density at radius 1 is 0.206 bits per heavy atom. The van der Waals surface area contributed by atoms with Crippen molar-refractivity contribution >= 4 is 29.5 Å². The first kappa shape index (κ1) is 112. The maximum absolute atomic E-state index is 13.4. The van der Waals surface area contributed by atoms with Crippen molar-refractivity contribution in [3.8, 4) is 0 Å². The lowest BCUT2D eigenvalue weighted by atomic mass is 9.93. The standard InChI is InChI=1S/C76H127N5O55/c1-17-38(95)49(106)53(110)71(118-17)116-16-32-62(45(102)33(66(115)119-32)77-18(2)90)130-68-35(79-20(4)92)46(103)60(29(13-88)124-68)133-74-57(114)63(43(100)31(128-74)15-117-75-64(52(109)42(99)26(10-85)123-75)135-69-36(80-21(5)93)47(104)58(27(11-86)125-69)131-72-54(111)50(107)40(97)24(8-83)121-72)134-76-65(56(113)61(30(14-89)127-76)129-67-34(78-19(3)91)44(101)39(96)23(7-82)120-67)136-70-37(81-22(6)94)48(105)59(28(12-87)126-70)132-73-55(112)51(108)41(98)25(9-84)122-73/h17,23-76,82-89,95-115H,7-16H2,1-6H3,(H,77,90)(H,78,91)(H,79,92)(H,80,93)(H,81,94)/t17-,23-,24-,25-,26-,27-,28-,29-,30-,31-,32-,33-,34-,35-,36-,37+,38+,39-,40+,41+,42-,43-,44-,45-,46-,47-,48-,49+,50+,51+,52+,53-,54-,55-,56+,57+,58-,59-,60-,61-,62-,63+,64+,65+,66-,67+,68+,69+,70+,71+,72+,73+,74+,75+,76-/m1/s1. The second-order valence-corrected chi connectivity index (χ2v) is 34.5. The van der Waals surface area contributed by atoms with Crippen molar-refractivity contribution in [2.45, 2.75) is 379 Å². The molecule has 0 bridgehead atoms. The van der Waals surface area contributed by atoms with Crippen LogP contribution < -0.4 is 26.6 Å². The Bertz CT molecular complexity index is 3760. The Hall–Kier alpha value is -4.65. The first-order valence-corrected chi connectivity index (χ1v) is 43.5. The van der Waals surface area contributed by atoms with E-state index in [0.29, 0.717) is 0 Å². The lowest BCUT2D eigenvalue weighted by Crippen LogP contribution is -2.71. The number of nitrogens with one attached hydrogen (secondary N) is 5. The quantitative estimate of drug-likeness (QED) is 0.0280. The van der Waals surface area contributed by atoms with E-state index in [1.165, 1.54) is 6.92 Å². The molecule has 11 aliphatic heterocycles. The van der Waals surface area contributed by atoms with Crippen LogP contribution in [0.25, 0.3) is 0 Å². The highest BCUT2D eigenvalue weighted by atomic mass is 16.8. The van der Waals surface area contributed by atoms with Gasteiger partial charge >= 0.3 is 0 Å². The third-order valence-corrected chi connectivity index (χ3v) is 24.9. The minimum Gasteiger partial charge on any atom is -0.394 e. The van der Waals surface area contributed by atoms with Gasteiger partial charge in [-0.2, -0.15) is 0 Å². The molecule has 0 aromatic heterocycles. The number of hydrogen-bond acceptors (Lipinski definition) is 55. The molecule has 11 heterocycles. The van der Waals surface area contributed by atoms with E-state index < -0.39 is 433 Å². The molecule has 0 aromatic rings. The molecule has 11 rings (SSSR count). The first-order valence-electron chi connectivity index (χ1n) is 43.5. The zero-order valence-corrected chi connectivity index (χ0v) is 73.4. The fraction of sp³-hybridized carbons (Fsp3) is 0.934. The van der Waals surface area contributed by atoms with Gasteiger partial charge in [-0.15, -0.1) is 0 Å². The summed E-state index contributed by atoms with van der Waals surface area (Å²) >= 11 is 0. The summed E-state index contributed by atoms with van der Waals surface area (Å²) < 4.78 is 126. The molecule has 0 radical (unpaired) electrons. The Balaban J connectivity index is 0.975. The first-order chi connectivity index (χ1) is 64.3. The summed E-state index contributed by atoms with van der Waals surface area (Å²) in [5.41, 5.74) is 0. The predicted octanol–water partition coefficient (Wildman–Crippen LogP) is -23.2. The summed E-state index contributed by atoms with van der Waals surface area (Å²) in [5.74, 6) is -4.85. The molecule has 11 aliphatic rings. The Morgan fingerprint density at radius 2 is 0.463 bits per heavy atom. The average Bonchev–Trinajstić information content (AvgIpc) is 0.746. The van der Waals surface area contributed by atoms with Crippen LogP contribution in [-0.2, 0) is 123 Å². The van der Waals surface area contributed by atoms with Gasteiger partial charge in [0.05, 0.1) is 72.2 Å². The Morgan fingerprint density at radius 3 is 0.860 bits per heavy atom. The number of ether oxygens (including phenoxy) is 21. The van der Waals surface area contributed by atoms with E-state index in [1.807, 2.05) is 0 Å². The van der Waals surface area contributed by atoms with Gasteiger partial charge in [0.15, 0.2) is 69.2 Å². The highest BCUT2D eigenvalue weighted by Gasteiger charge is 2.63. The highest BCUT2D eigenvalue weighted by Crippen LogP contribution is 2.42. The van der Waals surface area contributed by atoms with E-state index in [4.69, 9.17) is 99.5 Å². The molecule has 136 heavy (non-hydrogen) atoms. The summed E-state index contributed by atoms with van der Waals surface area (Å²) in [6, 6.07) is -9.85. The predicted molar refractivity (Wildman–Crippen MR) is 419 cm³/mol. The largest absolute Gasteiger partial charge is 0.394 e. The third-order valence-electron chi connectivity index (χ3n) is 24.9. The van der Waals surface area contributed by atoms with Crippen molar-refractivity contribution in [3.05, 3.63) is 0 Å². The summed E-state index contributed by atoms with van der Waals surface area (Å²) in [6.07, 6.45) is -107. The van der Waals surface area contributed by atoms with Crippen LogP contribution in [0.3, 0.4) is 0 Å². The van der Waals surface area contributed by atoms with Gasteiger partial charge in [0.25, 0.3) is 0 Å². The van der Waals surface area contributed by atoms with E-state index in [2.05, 4.69) is 26.6 Å². The van der Waals surface area contributed by atoms with E-state index in [9.17, 15) is 172 Å². The molecule has 11 fully saturated rings. The van der Waals surface area contributed by atoms with Crippen LogP contribution in [0.1, 0.15) is 41.5 Å². The number of rotatable bonds is 35. The number of carbonyl (C=O) groups is 5. The Labute approximate surface area is 770 Å². The highest BCUT2D eigenvalue weighted by molar-refractivity contribution is 5.75. The van der Waals surface area contributed by atoms with Crippen LogP contribution in [0.5, 0.6) is 0 Å². The minimum absolute atomic E-state index is 0.872. The molecule has 60 heteroatoms. The Kier molecular flexibility index (Phi) is 40.1. The second-order valence-electron chi connectivity index (χ2n) is 34.5. The number of aliphatic hydroxyl groups is 29. The van der Waals surface area contributed by atoms with Gasteiger partial charge in [0, 0.05) is 34.6 Å². The third kappa shape index (κ3) is 24.8. The maximum Gasteiger partial charge on any atom is 0.217 e. The van der Waals surface area contributed by atoms with Gasteiger partial charge in [0.2, 0.25) is 29.5 Å². The van der Waals surface area contributed by atoms with E-state index in [0.717, 1.165) is 34.6 Å². The van der Waals surface area contributed by atoms with Crippen molar-refractivity contribution in [2.24, 2.45) is 0 Å². The second kappa shape index (κ2) is 48.8. The molecule has 60 nitrogen and oxygen atoms in total. The molecule has 34 N–H and O–H groups in total. The van der Waals surface area contributed by atoms with Crippen molar-refractivity contribution in [2.75, 3.05) is 66.1 Å². The summed E-state index contributed by atoms with van der Waals surface area (Å²) in [5, 5.41) is 339. The lowest BCUT2D eigenvalue weighted by Gasteiger charge is -2.52. The van der Waals surface area contributed by atoms with Gasteiger partial charge in [0.1, 0.15) is 262 Å². The summed E-state index contributed by atoms with van der Waals surface area (Å²) in [7, 11) is 0. The fourth-order valence-corrected chi connectivity index (χ4v) is 17.7. The molecular weight excluding hydrogens is 1860 g/mol. The van der Waals surface area contributed by atoms with Gasteiger partial charge < -0.3 is 274 Å². The topological polar surface area (TPSA) is 926 Å². The van der Waals surface area contributed by atoms with Crippen LogP contribution in [0.15, 0.2) is 0 Å². The van der Waals surface area contributed by atoms with Gasteiger partial charge in [-0.05, 0) is 6.92 Å². The molecule has 0 aliphatic carbocycles. The van der Waals surface area contributed by atoms with Crippen molar-refractivity contribution in [1.29, 1.82) is 0 Å². The molecule has 11 saturated heterocycles. The molecule has 55 atom stereocenters. The van der Waals surface area contributed by atoms with Crippen molar-refractivity contribution in [1.82, 2.24) is 26.6 Å². The molecular formula is C76H127N5O55. The smallest absolute Gasteiger partial charge is 0.217 e. The lowest BCUT2D eigenvalue weighted by molar-refractivity contribution is -0.405. The maximum atomic E-state index is 13.4. The van der Waals surface area contributed by atoms with E-state index >= 15 is 0 Å². The normalized spacial score (nSPS) is 49.2. The summed E-state index contributed by atoms with van der Waals surface area (Å²) in [4.78, 5) is 65.2. The monoisotopic (exact) mass is 1990 g/mol. The SMILES string of the molecule is CC(=O)N[C@@H]1[C@H](O[C@@H]2[C@@H](O[C@@H]3[C@H](O)[C@H](O[C@H]4[C@H](O)[C@@H](NC(C)=O)[C@H](O[C@H]5[C@H](O)[C@@H](NC(C)=O)[C@H](O)O[C@@H]5CO[C@H]5O[C@H](C)[C@H](O)[C@H](O)[C@H]5O)O[C@@H]4CO)O[C@H](CO[C@H]4O[C@H](CO)[C@@H](O)[C@H](O)[C@@H]4O[C@@H]4O[C@H](CO)[C@@H](O[C@@H]5O[C@H](CO)[C@H](O)[C@H](O)[C@H]5O)[C@H](O)[C@H]4NC(C)=O)[C@H]3O)O[C@H](CO)[C@@H](O[C@@H]3O[C@H](CO)[C@@H](O)[C@H](O)[C@H]3NC(C)=O)[C@@H]2O)O[C@H](CO)[C@@H](O[C@@H]2O[C@H](CO)[C@H](O)[C@H](O)[C@H]2O)[C@@H]1O. The molecule has 0 saturated carbocycles. The number of aliphatic hydroxyl groups excluding tert-OH is 29. The number of hydrogen-bond donors (Lipinski definition) is 34. The van der Waals surface area contributed by atoms with Crippen LogP contribution in [0, 0.1) is 0 Å². The van der Waals surface area contributed by atoms with Crippen LogP contribution in [0.2, 0.25) is 0 Å². The molecule has 0 unspecified atom stereocenters. The molecule has 0 aromatic carbocycles. The van der Waals surface area contributed by atoms with Crippen LogP contribution >= 0.6 is 0 Å². The van der Waals surface area contributed by atoms with Crippen molar-refractivity contribution in [3.63, 3.8) is 0 Å². The van der Waals surface area contributed by atoms with Crippen LogP contribution in [0.4, 0.5) is 0 Å². The fourth-order valence-electron chi connectivity index (χ4n) is 17.7. The number of carbonyl (C=O) groups excluding carboxylic acids is 5. The van der Waals surface area contributed by atoms with E-state index in [-0.39, 0.29) is 0 Å². The molecule has 5 amide bonds. The zero-order valence-electron chi connectivity index (χ0n) is 73.4. The van der Waals surface area contributed by atoms with E-state index in [1.54, 1.807) is 0 Å². The molecule has 786 valence electrons. The number of amides is 5. The summed E-state index contributed by atoms with van der Waals surface area (Å²) in [6.45, 7) is -5.66. The van der Waals surface area contributed by atoms with Crippen molar-refractivity contribution < 1.29 is 272 Å². The van der Waals surface area contributed by atoms with Gasteiger partial charge in [-0.1, -0.05) is 0 Å².